The van der Waals surface area contributed by atoms with Crippen molar-refractivity contribution in [1.29, 1.82) is 0 Å². The fraction of sp³-hybridized carbons (Fsp3) is 0.796. The number of anilines is 2. The fourth-order valence-corrected chi connectivity index (χ4v) is 9.81. The molecule has 326 valence electrons. The molecular weight excluding hydrogens is 701 g/mol. The average molecular weight is 791 g/mol. The highest BCUT2D eigenvalue weighted by atomic mass is 15.2. The number of likely N-dealkylation sites (tertiary alicyclic amines) is 2. The highest BCUT2D eigenvalue weighted by Gasteiger charge is 2.38. The van der Waals surface area contributed by atoms with E-state index in [0.717, 1.165) is 23.5 Å². The first-order valence-corrected chi connectivity index (χ1v) is 24.3. The lowest BCUT2D eigenvalue weighted by Crippen LogP contribution is -2.48. The summed E-state index contributed by atoms with van der Waals surface area (Å²) in [6, 6.07) is 12.5. The van der Waals surface area contributed by atoms with Crippen molar-refractivity contribution in [2.45, 2.75) is 139 Å². The molecule has 2 spiro atoms. The highest BCUT2D eigenvalue weighted by Crippen LogP contribution is 2.42. The molecule has 0 saturated carbocycles. The van der Waals surface area contributed by atoms with Crippen LogP contribution in [0.2, 0.25) is 0 Å². The maximum Gasteiger partial charge on any atom is 0.128 e. The molecule has 0 aliphatic carbocycles. The number of pyridine rings is 2. The van der Waals surface area contributed by atoms with Crippen LogP contribution in [0.4, 0.5) is 11.6 Å². The molecule has 8 rings (SSSR count). The van der Waals surface area contributed by atoms with Crippen LogP contribution in [0, 0.1) is 22.7 Å². The third kappa shape index (κ3) is 16.4. The summed E-state index contributed by atoms with van der Waals surface area (Å²) in [6.45, 7) is 33.9. The maximum absolute atomic E-state index is 4.53. The van der Waals surface area contributed by atoms with E-state index in [9.17, 15) is 0 Å². The molecule has 8 heterocycles. The van der Waals surface area contributed by atoms with Gasteiger partial charge in [-0.25, -0.2) is 9.97 Å². The van der Waals surface area contributed by atoms with Crippen molar-refractivity contribution in [3.8, 4) is 0 Å². The Morgan fingerprint density at radius 1 is 0.491 bits per heavy atom. The van der Waals surface area contributed by atoms with Gasteiger partial charge in [0.05, 0.1) is 0 Å². The molecule has 8 heteroatoms. The second-order valence-corrected chi connectivity index (χ2v) is 17.0. The zero-order valence-corrected chi connectivity index (χ0v) is 38.5. The highest BCUT2D eigenvalue weighted by molar-refractivity contribution is 5.39. The molecule has 0 bridgehead atoms. The lowest BCUT2D eigenvalue weighted by molar-refractivity contribution is 0.0628. The van der Waals surface area contributed by atoms with Gasteiger partial charge in [0.1, 0.15) is 11.6 Å². The molecule has 2 aromatic rings. The first kappa shape index (κ1) is 49.1. The number of hydrogen-bond donors (Lipinski definition) is 2. The fourth-order valence-electron chi connectivity index (χ4n) is 9.81. The van der Waals surface area contributed by atoms with Crippen LogP contribution in [0.25, 0.3) is 0 Å². The second-order valence-electron chi connectivity index (χ2n) is 17.0. The van der Waals surface area contributed by atoms with Crippen LogP contribution >= 0.6 is 0 Å². The lowest BCUT2D eigenvalue weighted by Gasteiger charge is -2.47. The minimum Gasteiger partial charge on any atom is -0.357 e. The standard InChI is InChI=1S/2C20H32N4.C3H8.3C2H6/c1-2-10-22-19(3-1)24-13-4-18(5-14-24)17-23-15-8-20(9-16-23)6-11-21-12-7-20;1-2-10-22-19(3-1)24-15-8-20(9-16-24)6-13-23(14-7-20)17-18-4-11-21-12-5-18;1-3-2;3*1-2/h2*1-3,10,18,21H,4-9,11-17H2;3H2,1-2H3;3*1-2H3. The van der Waals surface area contributed by atoms with Gasteiger partial charge >= 0.3 is 0 Å². The number of hydrogen-bond acceptors (Lipinski definition) is 8. The first-order valence-electron chi connectivity index (χ1n) is 24.3. The second kappa shape index (κ2) is 28.3. The van der Waals surface area contributed by atoms with Crippen LogP contribution in [0.3, 0.4) is 0 Å². The van der Waals surface area contributed by atoms with E-state index in [4.69, 9.17) is 0 Å². The van der Waals surface area contributed by atoms with Crippen molar-refractivity contribution < 1.29 is 0 Å². The van der Waals surface area contributed by atoms with Crippen molar-refractivity contribution >= 4 is 11.6 Å². The van der Waals surface area contributed by atoms with E-state index < -0.39 is 0 Å². The van der Waals surface area contributed by atoms with Crippen molar-refractivity contribution in [3.05, 3.63) is 48.8 Å². The van der Waals surface area contributed by atoms with Crippen LogP contribution in [0.5, 0.6) is 0 Å². The molecule has 57 heavy (non-hydrogen) atoms. The van der Waals surface area contributed by atoms with Crippen LogP contribution < -0.4 is 20.4 Å². The van der Waals surface area contributed by atoms with Crippen LogP contribution in [-0.2, 0) is 0 Å². The Kier molecular flexibility index (Phi) is 24.3. The molecule has 0 radical (unpaired) electrons. The van der Waals surface area contributed by atoms with E-state index in [0.29, 0.717) is 10.8 Å². The predicted molar refractivity (Wildman–Crippen MR) is 249 cm³/mol. The molecule has 6 aliphatic heterocycles. The van der Waals surface area contributed by atoms with E-state index in [-0.39, 0.29) is 0 Å². The molecule has 8 nitrogen and oxygen atoms in total. The third-order valence-electron chi connectivity index (χ3n) is 13.4. The average Bonchev–Trinajstić information content (AvgIpc) is 3.30. The van der Waals surface area contributed by atoms with Gasteiger partial charge in [-0.2, -0.15) is 0 Å². The summed E-state index contributed by atoms with van der Waals surface area (Å²) in [4.78, 5) is 19.5. The van der Waals surface area contributed by atoms with Crippen molar-refractivity contribution in [2.75, 3.05) is 101 Å². The Balaban J connectivity index is 0.000000255. The Morgan fingerprint density at radius 3 is 1.28 bits per heavy atom. The van der Waals surface area contributed by atoms with Crippen LogP contribution in [-0.4, -0.2) is 111 Å². The van der Waals surface area contributed by atoms with Crippen molar-refractivity contribution in [1.82, 2.24) is 30.4 Å². The van der Waals surface area contributed by atoms with Crippen molar-refractivity contribution in [2.24, 2.45) is 22.7 Å². The van der Waals surface area contributed by atoms with Crippen LogP contribution in [0.15, 0.2) is 48.8 Å². The Bertz CT molecular complexity index is 1200. The summed E-state index contributed by atoms with van der Waals surface area (Å²) in [6.07, 6.45) is 21.7. The Hall–Kier alpha value is -2.26. The van der Waals surface area contributed by atoms with Gasteiger partial charge in [0, 0.05) is 51.7 Å². The van der Waals surface area contributed by atoms with E-state index in [1.165, 1.54) is 175 Å². The number of nitrogens with one attached hydrogen (secondary N) is 2. The molecule has 0 atom stereocenters. The maximum atomic E-state index is 4.53. The Labute approximate surface area is 352 Å². The van der Waals surface area contributed by atoms with E-state index in [1.807, 2.05) is 66.1 Å². The molecular formula is C49H90N8. The van der Waals surface area contributed by atoms with E-state index in [2.05, 4.69) is 78.3 Å². The summed E-state index contributed by atoms with van der Waals surface area (Å²) >= 11 is 0. The minimum absolute atomic E-state index is 0.621. The minimum atomic E-state index is 0.621. The molecule has 6 saturated heterocycles. The summed E-state index contributed by atoms with van der Waals surface area (Å²) in [5.74, 6) is 4.14. The van der Waals surface area contributed by atoms with E-state index in [1.54, 1.807) is 0 Å². The van der Waals surface area contributed by atoms with Gasteiger partial charge in [0.25, 0.3) is 0 Å². The molecule has 2 aromatic heterocycles. The van der Waals surface area contributed by atoms with Crippen LogP contribution in [0.1, 0.15) is 139 Å². The normalized spacial score (nSPS) is 22.5. The van der Waals surface area contributed by atoms with Gasteiger partial charge in [-0.3, -0.25) is 0 Å². The number of rotatable bonds is 6. The lowest BCUT2D eigenvalue weighted by atomic mass is 9.71. The number of nitrogens with zero attached hydrogens (tertiary/aromatic N) is 6. The summed E-state index contributed by atoms with van der Waals surface area (Å²) in [5, 5.41) is 7.02. The zero-order chi connectivity index (χ0) is 41.2. The Morgan fingerprint density at radius 2 is 0.860 bits per heavy atom. The van der Waals surface area contributed by atoms with Gasteiger partial charge in [-0.1, -0.05) is 73.9 Å². The predicted octanol–water partition coefficient (Wildman–Crippen LogP) is 10.0. The van der Waals surface area contributed by atoms with Gasteiger partial charge in [0.2, 0.25) is 0 Å². The van der Waals surface area contributed by atoms with Gasteiger partial charge in [0.15, 0.2) is 0 Å². The topological polar surface area (TPSA) is 62.8 Å². The molecule has 6 aliphatic rings. The number of aromatic nitrogens is 2. The van der Waals surface area contributed by atoms with Crippen molar-refractivity contribution in [3.63, 3.8) is 0 Å². The van der Waals surface area contributed by atoms with Gasteiger partial charge in [-0.05, 0) is 176 Å². The molecule has 0 aromatic carbocycles. The third-order valence-corrected chi connectivity index (χ3v) is 13.4. The largest absolute Gasteiger partial charge is 0.357 e. The smallest absolute Gasteiger partial charge is 0.128 e. The number of piperidine rings is 6. The molecule has 0 unspecified atom stereocenters. The summed E-state index contributed by atoms with van der Waals surface area (Å²) in [5.41, 5.74) is 1.31. The zero-order valence-electron chi connectivity index (χ0n) is 38.5. The van der Waals surface area contributed by atoms with Gasteiger partial charge < -0.3 is 30.2 Å². The first-order chi connectivity index (χ1) is 28.1. The quantitative estimate of drug-likeness (QED) is 0.300. The molecule has 2 N–H and O–H groups in total. The summed E-state index contributed by atoms with van der Waals surface area (Å²) < 4.78 is 0. The monoisotopic (exact) mass is 791 g/mol. The van der Waals surface area contributed by atoms with Gasteiger partial charge in [-0.15, -0.1) is 0 Å². The summed E-state index contributed by atoms with van der Waals surface area (Å²) in [7, 11) is 0. The molecule has 6 fully saturated rings. The van der Waals surface area contributed by atoms with E-state index >= 15 is 0 Å². The SMILES string of the molecule is CC.CC.CC.CCC.c1ccc(N2CCC(CN3CCC4(CCNCC4)CC3)CC2)nc1.c1ccc(N2CCC3(CCN(CC4CCNCC4)CC3)CC2)nc1. The molecule has 0 amide bonds.